The SMILES string of the molecule is CCCCCCNC(C)c1ccc(OC)cc1O. The number of phenols is 1. The molecule has 0 heterocycles. The predicted molar refractivity (Wildman–Crippen MR) is 75.2 cm³/mol. The highest BCUT2D eigenvalue weighted by Gasteiger charge is 2.10. The van der Waals surface area contributed by atoms with Gasteiger partial charge in [0, 0.05) is 17.7 Å². The van der Waals surface area contributed by atoms with Crippen LogP contribution in [0.25, 0.3) is 0 Å². The lowest BCUT2D eigenvalue weighted by Crippen LogP contribution is -2.19. The van der Waals surface area contributed by atoms with Gasteiger partial charge in [-0.2, -0.15) is 0 Å². The van der Waals surface area contributed by atoms with E-state index in [9.17, 15) is 5.11 Å². The van der Waals surface area contributed by atoms with Crippen LogP contribution in [0.4, 0.5) is 0 Å². The molecule has 2 N–H and O–H groups in total. The fourth-order valence-electron chi connectivity index (χ4n) is 2.00. The van der Waals surface area contributed by atoms with E-state index in [1.54, 1.807) is 13.2 Å². The molecule has 0 amide bonds. The minimum atomic E-state index is 0.164. The number of rotatable bonds is 8. The Bertz CT molecular complexity index is 352. The van der Waals surface area contributed by atoms with Crippen LogP contribution >= 0.6 is 0 Å². The Morgan fingerprint density at radius 2 is 2.06 bits per heavy atom. The molecular formula is C15H25NO2. The van der Waals surface area contributed by atoms with E-state index in [0.29, 0.717) is 11.5 Å². The zero-order valence-corrected chi connectivity index (χ0v) is 11.7. The molecular weight excluding hydrogens is 226 g/mol. The van der Waals surface area contributed by atoms with Crippen LogP contribution in [0.3, 0.4) is 0 Å². The third-order valence-corrected chi connectivity index (χ3v) is 3.18. The Kier molecular flexibility index (Phi) is 6.58. The van der Waals surface area contributed by atoms with E-state index >= 15 is 0 Å². The van der Waals surface area contributed by atoms with Crippen molar-refractivity contribution in [2.75, 3.05) is 13.7 Å². The van der Waals surface area contributed by atoms with Gasteiger partial charge < -0.3 is 15.2 Å². The van der Waals surface area contributed by atoms with Crippen molar-refractivity contribution in [2.45, 2.75) is 45.6 Å². The summed E-state index contributed by atoms with van der Waals surface area (Å²) in [6, 6.07) is 5.62. The molecule has 0 aliphatic heterocycles. The molecule has 1 aromatic carbocycles. The minimum absolute atomic E-state index is 0.164. The van der Waals surface area contributed by atoms with Crippen molar-refractivity contribution in [1.29, 1.82) is 0 Å². The number of unbranched alkanes of at least 4 members (excludes halogenated alkanes) is 3. The van der Waals surface area contributed by atoms with Gasteiger partial charge in [-0.1, -0.05) is 32.3 Å². The summed E-state index contributed by atoms with van der Waals surface area (Å²) in [5.74, 6) is 0.981. The van der Waals surface area contributed by atoms with Crippen molar-refractivity contribution >= 4 is 0 Å². The zero-order valence-electron chi connectivity index (χ0n) is 11.7. The first-order valence-electron chi connectivity index (χ1n) is 6.79. The van der Waals surface area contributed by atoms with Crippen LogP contribution in [0.5, 0.6) is 11.5 Å². The molecule has 0 saturated heterocycles. The van der Waals surface area contributed by atoms with E-state index in [1.807, 2.05) is 12.1 Å². The average Bonchev–Trinajstić information content (AvgIpc) is 2.38. The average molecular weight is 251 g/mol. The minimum Gasteiger partial charge on any atom is -0.507 e. The third-order valence-electron chi connectivity index (χ3n) is 3.18. The van der Waals surface area contributed by atoms with Gasteiger partial charge in [0.1, 0.15) is 11.5 Å². The van der Waals surface area contributed by atoms with Gasteiger partial charge in [0.25, 0.3) is 0 Å². The highest BCUT2D eigenvalue weighted by molar-refractivity contribution is 5.41. The Morgan fingerprint density at radius 1 is 1.28 bits per heavy atom. The molecule has 0 saturated carbocycles. The molecule has 102 valence electrons. The van der Waals surface area contributed by atoms with Crippen molar-refractivity contribution in [2.24, 2.45) is 0 Å². The van der Waals surface area contributed by atoms with E-state index in [-0.39, 0.29) is 6.04 Å². The number of methoxy groups -OCH3 is 1. The van der Waals surface area contributed by atoms with Gasteiger partial charge in [-0.05, 0) is 26.0 Å². The largest absolute Gasteiger partial charge is 0.507 e. The topological polar surface area (TPSA) is 41.5 Å². The highest BCUT2D eigenvalue weighted by atomic mass is 16.5. The van der Waals surface area contributed by atoms with Crippen molar-refractivity contribution in [3.8, 4) is 11.5 Å². The smallest absolute Gasteiger partial charge is 0.124 e. The number of aromatic hydroxyl groups is 1. The summed E-state index contributed by atoms with van der Waals surface area (Å²) in [5.41, 5.74) is 0.922. The molecule has 1 rings (SSSR count). The van der Waals surface area contributed by atoms with Gasteiger partial charge in [0.05, 0.1) is 7.11 Å². The second kappa shape index (κ2) is 7.98. The number of hydrogen-bond acceptors (Lipinski definition) is 3. The van der Waals surface area contributed by atoms with Crippen LogP contribution in [0, 0.1) is 0 Å². The lowest BCUT2D eigenvalue weighted by atomic mass is 10.1. The van der Waals surface area contributed by atoms with Crippen molar-refractivity contribution < 1.29 is 9.84 Å². The standard InChI is InChI=1S/C15H25NO2/c1-4-5-6-7-10-16-12(2)14-9-8-13(18-3)11-15(14)17/h8-9,11-12,16-17H,4-7,10H2,1-3H3. The number of nitrogens with one attached hydrogen (secondary N) is 1. The van der Waals surface area contributed by atoms with Gasteiger partial charge in [-0.15, -0.1) is 0 Å². The first kappa shape index (κ1) is 14.8. The number of hydrogen-bond donors (Lipinski definition) is 2. The molecule has 0 aliphatic rings. The van der Waals surface area contributed by atoms with Crippen LogP contribution in [0.2, 0.25) is 0 Å². The molecule has 0 spiro atoms. The van der Waals surface area contributed by atoms with Crippen molar-refractivity contribution in [1.82, 2.24) is 5.32 Å². The summed E-state index contributed by atoms with van der Waals surface area (Å²) in [6.07, 6.45) is 5.01. The lowest BCUT2D eigenvalue weighted by Gasteiger charge is -2.16. The molecule has 0 aliphatic carbocycles. The normalized spacial score (nSPS) is 12.4. The molecule has 0 radical (unpaired) electrons. The maximum atomic E-state index is 9.91. The maximum Gasteiger partial charge on any atom is 0.124 e. The monoisotopic (exact) mass is 251 g/mol. The van der Waals surface area contributed by atoms with Crippen LogP contribution in [-0.2, 0) is 0 Å². The molecule has 1 aromatic rings. The van der Waals surface area contributed by atoms with Crippen LogP contribution in [-0.4, -0.2) is 18.8 Å². The fourth-order valence-corrected chi connectivity index (χ4v) is 2.00. The number of phenolic OH excluding ortho intramolecular Hbond substituents is 1. The van der Waals surface area contributed by atoms with E-state index in [2.05, 4.69) is 19.2 Å². The van der Waals surface area contributed by atoms with E-state index in [1.165, 1.54) is 25.7 Å². The van der Waals surface area contributed by atoms with Crippen LogP contribution in [0.15, 0.2) is 18.2 Å². The van der Waals surface area contributed by atoms with Gasteiger partial charge >= 0.3 is 0 Å². The van der Waals surface area contributed by atoms with E-state index in [0.717, 1.165) is 12.1 Å². The third kappa shape index (κ3) is 4.57. The van der Waals surface area contributed by atoms with Gasteiger partial charge in [0.15, 0.2) is 0 Å². The molecule has 0 bridgehead atoms. The Morgan fingerprint density at radius 3 is 2.67 bits per heavy atom. The lowest BCUT2D eigenvalue weighted by molar-refractivity contribution is 0.403. The second-order valence-electron chi connectivity index (χ2n) is 4.66. The molecule has 3 heteroatoms. The Hall–Kier alpha value is -1.22. The zero-order chi connectivity index (χ0) is 13.4. The molecule has 3 nitrogen and oxygen atoms in total. The van der Waals surface area contributed by atoms with Gasteiger partial charge in [-0.3, -0.25) is 0 Å². The number of ether oxygens (including phenoxy) is 1. The number of benzene rings is 1. The van der Waals surface area contributed by atoms with Gasteiger partial charge in [0.2, 0.25) is 0 Å². The highest BCUT2D eigenvalue weighted by Crippen LogP contribution is 2.28. The van der Waals surface area contributed by atoms with Crippen LogP contribution in [0.1, 0.15) is 51.1 Å². The fraction of sp³-hybridized carbons (Fsp3) is 0.600. The summed E-state index contributed by atoms with van der Waals surface area (Å²) in [6.45, 7) is 5.28. The van der Waals surface area contributed by atoms with Crippen LogP contribution < -0.4 is 10.1 Å². The Labute approximate surface area is 110 Å². The Balaban J connectivity index is 2.43. The summed E-state index contributed by atoms with van der Waals surface area (Å²) in [5, 5.41) is 13.3. The van der Waals surface area contributed by atoms with E-state index < -0.39 is 0 Å². The molecule has 18 heavy (non-hydrogen) atoms. The van der Waals surface area contributed by atoms with Crippen molar-refractivity contribution in [3.63, 3.8) is 0 Å². The molecule has 0 aromatic heterocycles. The molecule has 1 atom stereocenters. The van der Waals surface area contributed by atoms with E-state index in [4.69, 9.17) is 4.74 Å². The summed E-state index contributed by atoms with van der Waals surface area (Å²) in [4.78, 5) is 0. The second-order valence-corrected chi connectivity index (χ2v) is 4.66. The first-order chi connectivity index (χ1) is 8.69. The maximum absolute atomic E-state index is 9.91. The summed E-state index contributed by atoms with van der Waals surface area (Å²) < 4.78 is 5.07. The quantitative estimate of drug-likeness (QED) is 0.693. The van der Waals surface area contributed by atoms with Gasteiger partial charge in [-0.25, -0.2) is 0 Å². The summed E-state index contributed by atoms with van der Waals surface area (Å²) >= 11 is 0. The molecule has 1 unspecified atom stereocenters. The molecule has 0 fully saturated rings. The summed E-state index contributed by atoms with van der Waals surface area (Å²) in [7, 11) is 1.60. The first-order valence-corrected chi connectivity index (χ1v) is 6.79. The van der Waals surface area contributed by atoms with Crippen molar-refractivity contribution in [3.05, 3.63) is 23.8 Å². The predicted octanol–water partition coefficient (Wildman–Crippen LogP) is 3.63.